The van der Waals surface area contributed by atoms with E-state index in [2.05, 4.69) is 5.32 Å². The van der Waals surface area contributed by atoms with E-state index in [1.54, 1.807) is 18.2 Å². The van der Waals surface area contributed by atoms with Crippen LogP contribution in [-0.2, 0) is 27.5 Å². The molecule has 0 unspecified atom stereocenters. The van der Waals surface area contributed by atoms with Crippen LogP contribution in [0.5, 0.6) is 0 Å². The lowest BCUT2D eigenvalue weighted by atomic mass is 10.1. The SMILES string of the molecule is Cc1ccc(CNC(=O)CN(c2cc(C(F)(F)F)ccc2Cl)S(=O)(=O)c2ccccc2)cc1. The van der Waals surface area contributed by atoms with E-state index in [-0.39, 0.29) is 16.5 Å². The molecule has 1 N–H and O–H groups in total. The number of alkyl halides is 3. The van der Waals surface area contributed by atoms with Gasteiger partial charge >= 0.3 is 6.18 Å². The van der Waals surface area contributed by atoms with Crippen LogP contribution in [0.2, 0.25) is 5.02 Å². The summed E-state index contributed by atoms with van der Waals surface area (Å²) >= 11 is 6.10. The van der Waals surface area contributed by atoms with E-state index in [9.17, 15) is 26.4 Å². The minimum absolute atomic E-state index is 0.120. The topological polar surface area (TPSA) is 66.5 Å². The van der Waals surface area contributed by atoms with Crippen LogP contribution in [0.4, 0.5) is 18.9 Å². The van der Waals surface area contributed by atoms with Gasteiger partial charge in [0.25, 0.3) is 10.0 Å². The minimum Gasteiger partial charge on any atom is -0.350 e. The van der Waals surface area contributed by atoms with Crippen LogP contribution in [0.25, 0.3) is 0 Å². The molecule has 3 rings (SSSR count). The quantitative estimate of drug-likeness (QED) is 0.490. The van der Waals surface area contributed by atoms with Crippen LogP contribution in [0.1, 0.15) is 16.7 Å². The molecule has 1 amide bonds. The van der Waals surface area contributed by atoms with Crippen LogP contribution >= 0.6 is 11.6 Å². The minimum atomic E-state index is -4.73. The van der Waals surface area contributed by atoms with Gasteiger partial charge in [-0.15, -0.1) is 0 Å². The highest BCUT2D eigenvalue weighted by molar-refractivity contribution is 7.92. The zero-order chi connectivity index (χ0) is 24.2. The molecule has 0 saturated carbocycles. The summed E-state index contributed by atoms with van der Waals surface area (Å²) in [7, 11) is -4.40. The van der Waals surface area contributed by atoms with E-state index in [0.29, 0.717) is 10.4 Å². The van der Waals surface area contributed by atoms with Crippen LogP contribution in [-0.4, -0.2) is 20.9 Å². The van der Waals surface area contributed by atoms with Crippen molar-refractivity contribution in [2.45, 2.75) is 24.5 Å². The number of amides is 1. The van der Waals surface area contributed by atoms with Crippen LogP contribution in [0.3, 0.4) is 0 Å². The number of rotatable bonds is 7. The Kier molecular flexibility index (Phi) is 7.34. The molecule has 0 aliphatic carbocycles. The first-order valence-corrected chi connectivity index (χ1v) is 11.6. The molecule has 0 fully saturated rings. The first-order chi connectivity index (χ1) is 15.5. The maximum absolute atomic E-state index is 13.3. The van der Waals surface area contributed by atoms with Crippen LogP contribution in [0, 0.1) is 6.92 Å². The highest BCUT2D eigenvalue weighted by atomic mass is 35.5. The fourth-order valence-corrected chi connectivity index (χ4v) is 4.71. The van der Waals surface area contributed by atoms with Crippen molar-refractivity contribution in [2.24, 2.45) is 0 Å². The molecule has 3 aromatic carbocycles. The number of benzene rings is 3. The summed E-state index contributed by atoms with van der Waals surface area (Å²) in [6.45, 7) is 1.27. The normalized spacial score (nSPS) is 11.8. The number of carbonyl (C=O) groups is 1. The molecule has 5 nitrogen and oxygen atoms in total. The third-order valence-corrected chi connectivity index (χ3v) is 6.86. The van der Waals surface area contributed by atoms with Gasteiger partial charge in [-0.05, 0) is 42.8 Å². The van der Waals surface area contributed by atoms with Gasteiger partial charge in [0.1, 0.15) is 6.54 Å². The zero-order valence-electron chi connectivity index (χ0n) is 17.4. The number of hydrogen-bond donors (Lipinski definition) is 1. The third kappa shape index (κ3) is 6.06. The standard InChI is InChI=1S/C23H20ClF3N2O3S/c1-16-7-9-17(10-8-16)14-28-22(30)15-29(33(31,32)19-5-3-2-4-6-19)21-13-18(23(25,26)27)11-12-20(21)24/h2-13H,14-15H2,1H3,(H,28,30). The monoisotopic (exact) mass is 496 g/mol. The smallest absolute Gasteiger partial charge is 0.350 e. The molecule has 0 bridgehead atoms. The van der Waals surface area contributed by atoms with E-state index < -0.39 is 39.9 Å². The van der Waals surface area contributed by atoms with E-state index in [1.807, 2.05) is 19.1 Å². The number of hydrogen-bond acceptors (Lipinski definition) is 3. The van der Waals surface area contributed by atoms with Gasteiger partial charge in [-0.2, -0.15) is 13.2 Å². The average Bonchev–Trinajstić information content (AvgIpc) is 2.77. The molecule has 0 radical (unpaired) electrons. The van der Waals surface area contributed by atoms with Crippen LogP contribution < -0.4 is 9.62 Å². The van der Waals surface area contributed by atoms with Gasteiger partial charge in [-0.25, -0.2) is 8.42 Å². The highest BCUT2D eigenvalue weighted by Gasteiger charge is 2.34. The molecular weight excluding hydrogens is 477 g/mol. The van der Waals surface area contributed by atoms with E-state index in [4.69, 9.17) is 11.6 Å². The summed E-state index contributed by atoms with van der Waals surface area (Å²) in [5.74, 6) is -0.705. The molecule has 0 aliphatic heterocycles. The number of nitrogens with one attached hydrogen (secondary N) is 1. The molecule has 0 spiro atoms. The zero-order valence-corrected chi connectivity index (χ0v) is 19.0. The van der Waals surface area contributed by atoms with Crippen molar-refractivity contribution in [1.29, 1.82) is 0 Å². The second-order valence-electron chi connectivity index (χ2n) is 7.25. The van der Waals surface area contributed by atoms with E-state index >= 15 is 0 Å². The van der Waals surface area contributed by atoms with Gasteiger partial charge < -0.3 is 5.32 Å². The molecule has 33 heavy (non-hydrogen) atoms. The summed E-state index contributed by atoms with van der Waals surface area (Å²) < 4.78 is 67.1. The molecule has 0 saturated heterocycles. The van der Waals surface area contributed by atoms with Crippen molar-refractivity contribution in [2.75, 3.05) is 10.8 Å². The van der Waals surface area contributed by atoms with Crippen molar-refractivity contribution in [1.82, 2.24) is 5.32 Å². The van der Waals surface area contributed by atoms with Gasteiger partial charge in [0.05, 0.1) is 21.2 Å². The summed E-state index contributed by atoms with van der Waals surface area (Å²) in [5.41, 5.74) is 0.281. The summed E-state index contributed by atoms with van der Waals surface area (Å²) in [6, 6.07) is 16.7. The van der Waals surface area contributed by atoms with Crippen molar-refractivity contribution in [3.63, 3.8) is 0 Å². The molecule has 174 valence electrons. The van der Waals surface area contributed by atoms with E-state index in [0.717, 1.165) is 23.3 Å². The van der Waals surface area contributed by atoms with Crippen molar-refractivity contribution >= 4 is 33.2 Å². The lowest BCUT2D eigenvalue weighted by molar-refractivity contribution is -0.137. The third-order valence-electron chi connectivity index (χ3n) is 4.77. The summed E-state index contributed by atoms with van der Waals surface area (Å²) in [6.07, 6.45) is -4.73. The number of anilines is 1. The second-order valence-corrected chi connectivity index (χ2v) is 9.52. The Morgan fingerprint density at radius 3 is 2.24 bits per heavy atom. The predicted octanol–water partition coefficient (Wildman–Crippen LogP) is 5.18. The fraction of sp³-hybridized carbons (Fsp3) is 0.174. The second kappa shape index (κ2) is 9.84. The Morgan fingerprint density at radius 2 is 1.64 bits per heavy atom. The molecule has 0 atom stereocenters. The summed E-state index contributed by atoms with van der Waals surface area (Å²) in [4.78, 5) is 12.5. The number of nitrogens with zero attached hydrogens (tertiary/aromatic N) is 1. The molecule has 10 heteroatoms. The number of sulfonamides is 1. The van der Waals surface area contributed by atoms with E-state index in [1.165, 1.54) is 24.3 Å². The van der Waals surface area contributed by atoms with Gasteiger partial charge in [0.15, 0.2) is 0 Å². The van der Waals surface area contributed by atoms with Gasteiger partial charge in [0, 0.05) is 6.54 Å². The van der Waals surface area contributed by atoms with Crippen molar-refractivity contribution in [3.05, 3.63) is 94.5 Å². The molecule has 3 aromatic rings. The maximum atomic E-state index is 13.3. The van der Waals surface area contributed by atoms with Gasteiger partial charge in [-0.1, -0.05) is 59.6 Å². The molecular formula is C23H20ClF3N2O3S. The lowest BCUT2D eigenvalue weighted by Crippen LogP contribution is -2.41. The highest BCUT2D eigenvalue weighted by Crippen LogP contribution is 2.37. The Balaban J connectivity index is 1.96. The van der Waals surface area contributed by atoms with Gasteiger partial charge in [-0.3, -0.25) is 9.10 Å². The first kappa shape index (κ1) is 24.6. The average molecular weight is 497 g/mol. The number of aryl methyl sites for hydroxylation is 1. The van der Waals surface area contributed by atoms with Crippen molar-refractivity contribution in [3.8, 4) is 0 Å². The molecule has 0 heterocycles. The number of carbonyl (C=O) groups excluding carboxylic acids is 1. The Morgan fingerprint density at radius 1 is 1.00 bits per heavy atom. The Hall–Kier alpha value is -3.04. The van der Waals surface area contributed by atoms with Gasteiger partial charge in [0.2, 0.25) is 5.91 Å². The Bertz CT molecular complexity index is 1230. The summed E-state index contributed by atoms with van der Waals surface area (Å²) in [5, 5.41) is 2.35. The number of halogens is 4. The predicted molar refractivity (Wildman–Crippen MR) is 120 cm³/mol. The largest absolute Gasteiger partial charge is 0.416 e. The van der Waals surface area contributed by atoms with Crippen molar-refractivity contribution < 1.29 is 26.4 Å². The van der Waals surface area contributed by atoms with Crippen LogP contribution in [0.15, 0.2) is 77.7 Å². The Labute approximate surface area is 194 Å². The molecule has 0 aliphatic rings. The lowest BCUT2D eigenvalue weighted by Gasteiger charge is -2.26. The fourth-order valence-electron chi connectivity index (χ4n) is 2.99. The first-order valence-electron chi connectivity index (χ1n) is 9.75. The molecule has 0 aromatic heterocycles. The maximum Gasteiger partial charge on any atom is 0.416 e.